The second-order valence-electron chi connectivity index (χ2n) is 5.88. The van der Waals surface area contributed by atoms with Crippen LogP contribution in [0.15, 0.2) is 0 Å². The van der Waals surface area contributed by atoms with E-state index in [1.54, 1.807) is 0 Å². The van der Waals surface area contributed by atoms with Crippen LogP contribution in [0.25, 0.3) is 0 Å². The lowest BCUT2D eigenvalue weighted by atomic mass is 9.99. The molecule has 0 bridgehead atoms. The van der Waals surface area contributed by atoms with E-state index in [1.165, 1.54) is 58.0 Å². The molecule has 0 spiro atoms. The third-order valence-electron chi connectivity index (χ3n) is 4.88. The largest absolute Gasteiger partial charge is 0.314 e. The van der Waals surface area contributed by atoms with Crippen molar-refractivity contribution in [2.75, 3.05) is 19.6 Å². The van der Waals surface area contributed by atoms with Gasteiger partial charge in [-0.05, 0) is 64.1 Å². The third-order valence-corrected chi connectivity index (χ3v) is 4.88. The van der Waals surface area contributed by atoms with Crippen LogP contribution in [0, 0.1) is 5.92 Å². The molecule has 2 nitrogen and oxygen atoms in total. The van der Waals surface area contributed by atoms with Gasteiger partial charge in [0.1, 0.15) is 0 Å². The summed E-state index contributed by atoms with van der Waals surface area (Å²) >= 11 is 0. The lowest BCUT2D eigenvalue weighted by Gasteiger charge is -2.27. The molecule has 1 N–H and O–H groups in total. The maximum absolute atomic E-state index is 3.68. The fourth-order valence-corrected chi connectivity index (χ4v) is 3.90. The van der Waals surface area contributed by atoms with Crippen molar-refractivity contribution in [1.82, 2.24) is 10.2 Å². The molecule has 1 aliphatic heterocycles. The highest BCUT2D eigenvalue weighted by Gasteiger charge is 2.28. The Morgan fingerprint density at radius 3 is 2.76 bits per heavy atom. The molecule has 2 aliphatic rings. The smallest absolute Gasteiger partial charge is 0.00956 e. The molecular weight excluding hydrogens is 208 g/mol. The van der Waals surface area contributed by atoms with Gasteiger partial charge in [-0.15, -0.1) is 0 Å². The van der Waals surface area contributed by atoms with Gasteiger partial charge in [0.05, 0.1) is 0 Å². The van der Waals surface area contributed by atoms with E-state index < -0.39 is 0 Å². The van der Waals surface area contributed by atoms with Gasteiger partial charge >= 0.3 is 0 Å². The first-order valence-electron chi connectivity index (χ1n) is 7.82. The van der Waals surface area contributed by atoms with Crippen molar-refractivity contribution < 1.29 is 0 Å². The Bertz CT molecular complexity index is 217. The lowest BCUT2D eigenvalue weighted by molar-refractivity contribution is 0.221. The summed E-state index contributed by atoms with van der Waals surface area (Å²) in [6.07, 6.45) is 9.96. The molecule has 0 aromatic heterocycles. The van der Waals surface area contributed by atoms with Crippen molar-refractivity contribution in [2.24, 2.45) is 5.92 Å². The van der Waals surface area contributed by atoms with Gasteiger partial charge in [-0.1, -0.05) is 20.3 Å². The summed E-state index contributed by atoms with van der Waals surface area (Å²) in [6.45, 7) is 8.44. The fourth-order valence-electron chi connectivity index (χ4n) is 3.90. The molecule has 2 fully saturated rings. The monoisotopic (exact) mass is 238 g/mol. The van der Waals surface area contributed by atoms with Crippen LogP contribution in [-0.4, -0.2) is 36.6 Å². The van der Waals surface area contributed by atoms with Crippen molar-refractivity contribution in [2.45, 2.75) is 70.9 Å². The van der Waals surface area contributed by atoms with Crippen molar-refractivity contribution in [3.05, 3.63) is 0 Å². The molecule has 2 rings (SSSR count). The molecule has 1 saturated carbocycles. The zero-order valence-electron chi connectivity index (χ0n) is 11.8. The standard InChI is InChI=1S/C15H30N2/c1-3-14-8-6-11-17(14)12-10-13-7-5-9-15(13)16-4-2/h13-16H,3-12H2,1-2H3. The summed E-state index contributed by atoms with van der Waals surface area (Å²) in [7, 11) is 0. The molecule has 1 heterocycles. The number of rotatable bonds is 6. The van der Waals surface area contributed by atoms with Crippen LogP contribution in [0.1, 0.15) is 58.8 Å². The fraction of sp³-hybridized carbons (Fsp3) is 1.00. The van der Waals surface area contributed by atoms with Gasteiger partial charge in [-0.3, -0.25) is 0 Å². The predicted molar refractivity (Wildman–Crippen MR) is 74.3 cm³/mol. The van der Waals surface area contributed by atoms with Gasteiger partial charge in [0.25, 0.3) is 0 Å². The molecule has 3 atom stereocenters. The second kappa shape index (κ2) is 6.75. The zero-order chi connectivity index (χ0) is 12.1. The first-order valence-corrected chi connectivity index (χ1v) is 7.82. The van der Waals surface area contributed by atoms with Gasteiger partial charge in [-0.2, -0.15) is 0 Å². The summed E-state index contributed by atoms with van der Waals surface area (Å²) in [5.41, 5.74) is 0. The zero-order valence-corrected chi connectivity index (χ0v) is 11.8. The van der Waals surface area contributed by atoms with Crippen LogP contribution >= 0.6 is 0 Å². The summed E-state index contributed by atoms with van der Waals surface area (Å²) < 4.78 is 0. The Hall–Kier alpha value is -0.0800. The van der Waals surface area contributed by atoms with Crippen LogP contribution in [0.4, 0.5) is 0 Å². The van der Waals surface area contributed by atoms with Crippen LogP contribution in [0.2, 0.25) is 0 Å². The second-order valence-corrected chi connectivity index (χ2v) is 5.88. The van der Waals surface area contributed by atoms with Crippen molar-refractivity contribution >= 4 is 0 Å². The van der Waals surface area contributed by atoms with E-state index in [-0.39, 0.29) is 0 Å². The van der Waals surface area contributed by atoms with E-state index in [9.17, 15) is 0 Å². The van der Waals surface area contributed by atoms with Gasteiger partial charge in [0.15, 0.2) is 0 Å². The minimum atomic E-state index is 0.822. The van der Waals surface area contributed by atoms with Crippen molar-refractivity contribution in [3.8, 4) is 0 Å². The molecule has 100 valence electrons. The highest BCUT2D eigenvalue weighted by Crippen LogP contribution is 2.30. The Balaban J connectivity index is 1.73. The molecule has 1 aliphatic carbocycles. The maximum atomic E-state index is 3.68. The van der Waals surface area contributed by atoms with E-state index in [0.29, 0.717) is 0 Å². The molecular formula is C15H30N2. The molecule has 0 amide bonds. The molecule has 2 heteroatoms. The van der Waals surface area contributed by atoms with E-state index in [4.69, 9.17) is 0 Å². The van der Waals surface area contributed by atoms with E-state index in [1.807, 2.05) is 0 Å². The molecule has 3 unspecified atom stereocenters. The molecule has 0 aromatic carbocycles. The van der Waals surface area contributed by atoms with E-state index in [0.717, 1.165) is 24.5 Å². The summed E-state index contributed by atoms with van der Waals surface area (Å²) in [5, 5.41) is 3.68. The van der Waals surface area contributed by atoms with Crippen LogP contribution in [0.5, 0.6) is 0 Å². The lowest BCUT2D eigenvalue weighted by Crippen LogP contribution is -2.36. The average Bonchev–Trinajstić information content (AvgIpc) is 2.95. The normalized spacial score (nSPS) is 34.6. The average molecular weight is 238 g/mol. The summed E-state index contributed by atoms with van der Waals surface area (Å²) in [6, 6.07) is 1.72. The Kier molecular flexibility index (Phi) is 5.30. The van der Waals surface area contributed by atoms with Crippen molar-refractivity contribution in [1.29, 1.82) is 0 Å². The highest BCUT2D eigenvalue weighted by atomic mass is 15.2. The number of hydrogen-bond donors (Lipinski definition) is 1. The topological polar surface area (TPSA) is 15.3 Å². The molecule has 1 saturated heterocycles. The number of likely N-dealkylation sites (tertiary alicyclic amines) is 1. The minimum absolute atomic E-state index is 0.822. The Morgan fingerprint density at radius 1 is 1.12 bits per heavy atom. The minimum Gasteiger partial charge on any atom is -0.314 e. The predicted octanol–water partition coefficient (Wildman–Crippen LogP) is 3.03. The van der Waals surface area contributed by atoms with Gasteiger partial charge in [0, 0.05) is 12.1 Å². The number of nitrogens with zero attached hydrogens (tertiary/aromatic N) is 1. The molecule has 17 heavy (non-hydrogen) atoms. The molecule has 0 aromatic rings. The third kappa shape index (κ3) is 3.45. The van der Waals surface area contributed by atoms with Crippen LogP contribution in [0.3, 0.4) is 0 Å². The van der Waals surface area contributed by atoms with Crippen LogP contribution in [-0.2, 0) is 0 Å². The maximum Gasteiger partial charge on any atom is 0.00956 e. The van der Waals surface area contributed by atoms with Gasteiger partial charge in [-0.25, -0.2) is 0 Å². The Labute approximate surface area is 107 Å². The number of nitrogens with one attached hydrogen (secondary N) is 1. The first kappa shape index (κ1) is 13.4. The van der Waals surface area contributed by atoms with Crippen LogP contribution < -0.4 is 5.32 Å². The molecule has 0 radical (unpaired) electrons. The quantitative estimate of drug-likeness (QED) is 0.765. The first-order chi connectivity index (χ1) is 8.35. The van der Waals surface area contributed by atoms with E-state index >= 15 is 0 Å². The van der Waals surface area contributed by atoms with Gasteiger partial charge in [0.2, 0.25) is 0 Å². The van der Waals surface area contributed by atoms with Gasteiger partial charge < -0.3 is 10.2 Å². The highest BCUT2D eigenvalue weighted by molar-refractivity contribution is 4.85. The number of hydrogen-bond acceptors (Lipinski definition) is 2. The van der Waals surface area contributed by atoms with Crippen molar-refractivity contribution in [3.63, 3.8) is 0 Å². The summed E-state index contributed by atoms with van der Waals surface area (Å²) in [4.78, 5) is 2.75. The van der Waals surface area contributed by atoms with E-state index in [2.05, 4.69) is 24.1 Å². The summed E-state index contributed by atoms with van der Waals surface area (Å²) in [5.74, 6) is 0.952. The Morgan fingerprint density at radius 2 is 2.00 bits per heavy atom. The SMILES string of the molecule is CCNC1CCCC1CCN1CCCC1CC.